The zero-order valence-electron chi connectivity index (χ0n) is 16.3. The van der Waals surface area contributed by atoms with Gasteiger partial charge in [0.15, 0.2) is 5.82 Å². The Balaban J connectivity index is 1.47. The molecule has 1 aliphatic carbocycles. The summed E-state index contributed by atoms with van der Waals surface area (Å²) in [5.74, 6) is -2.15. The fourth-order valence-corrected chi connectivity index (χ4v) is 3.35. The van der Waals surface area contributed by atoms with Crippen LogP contribution >= 0.6 is 23.2 Å². The Labute approximate surface area is 191 Å². The lowest BCUT2D eigenvalue weighted by atomic mass is 10.0. The van der Waals surface area contributed by atoms with Gasteiger partial charge in [0.2, 0.25) is 11.8 Å². The zero-order chi connectivity index (χ0) is 22.9. The van der Waals surface area contributed by atoms with Crippen LogP contribution in [0.1, 0.15) is 12.8 Å². The van der Waals surface area contributed by atoms with Crippen LogP contribution in [0.15, 0.2) is 54.7 Å². The van der Waals surface area contributed by atoms with Gasteiger partial charge in [-0.05, 0) is 49.2 Å². The molecule has 4 rings (SSSR count). The van der Waals surface area contributed by atoms with Crippen LogP contribution in [0.3, 0.4) is 0 Å². The van der Waals surface area contributed by atoms with Crippen molar-refractivity contribution in [3.8, 4) is 11.5 Å². The Morgan fingerprint density at radius 2 is 1.66 bits per heavy atom. The standard InChI is InChI=1S/C22H15Cl2F2N3O3/c23-15-10-17(16(26)11-18(15)32-14-5-8-27-19(24)9-14)29-21(31)22(6-7-22)20(30)28-13-3-1-12(25)2-4-13/h1-5,8-11H,6-7H2,(H,28,30)(H,29,31). The normalized spacial score (nSPS) is 13.9. The van der Waals surface area contributed by atoms with E-state index in [9.17, 15) is 18.4 Å². The molecule has 10 heteroatoms. The summed E-state index contributed by atoms with van der Waals surface area (Å²) in [6.07, 6.45) is 2.01. The minimum Gasteiger partial charge on any atom is -0.456 e. The van der Waals surface area contributed by atoms with E-state index in [1.807, 2.05) is 0 Å². The minimum atomic E-state index is -1.34. The van der Waals surface area contributed by atoms with Crippen LogP contribution in [0.25, 0.3) is 0 Å². The number of nitrogens with one attached hydrogen (secondary N) is 2. The van der Waals surface area contributed by atoms with Crippen molar-refractivity contribution in [2.45, 2.75) is 12.8 Å². The maximum Gasteiger partial charge on any atom is 0.240 e. The summed E-state index contributed by atoms with van der Waals surface area (Å²) < 4.78 is 33.2. The van der Waals surface area contributed by atoms with Crippen molar-refractivity contribution in [2.75, 3.05) is 10.6 Å². The molecular formula is C22H15Cl2F2N3O3. The fourth-order valence-electron chi connectivity index (χ4n) is 2.99. The molecule has 1 aliphatic rings. The van der Waals surface area contributed by atoms with Gasteiger partial charge in [0, 0.05) is 24.0 Å². The molecule has 0 unspecified atom stereocenters. The number of ether oxygens (including phenoxy) is 1. The van der Waals surface area contributed by atoms with Crippen molar-refractivity contribution >= 4 is 46.4 Å². The van der Waals surface area contributed by atoms with Gasteiger partial charge in [-0.2, -0.15) is 0 Å². The number of amides is 2. The van der Waals surface area contributed by atoms with E-state index < -0.39 is 28.9 Å². The van der Waals surface area contributed by atoms with E-state index in [2.05, 4.69) is 15.6 Å². The third-order valence-corrected chi connectivity index (χ3v) is 5.42. The largest absolute Gasteiger partial charge is 0.456 e. The lowest BCUT2D eigenvalue weighted by Gasteiger charge is -2.17. The summed E-state index contributed by atoms with van der Waals surface area (Å²) in [7, 11) is 0. The molecule has 0 saturated heterocycles. The predicted octanol–water partition coefficient (Wildman–Crippen LogP) is 5.82. The molecule has 1 fully saturated rings. The molecule has 164 valence electrons. The van der Waals surface area contributed by atoms with E-state index in [-0.39, 0.29) is 21.6 Å². The summed E-state index contributed by atoms with van der Waals surface area (Å²) in [6.45, 7) is 0. The summed E-state index contributed by atoms with van der Waals surface area (Å²) in [6, 6.07) is 10.3. The van der Waals surface area contributed by atoms with Crippen LogP contribution in [-0.2, 0) is 9.59 Å². The lowest BCUT2D eigenvalue weighted by Crippen LogP contribution is -2.35. The molecule has 0 bridgehead atoms. The van der Waals surface area contributed by atoms with Gasteiger partial charge in [-0.25, -0.2) is 13.8 Å². The van der Waals surface area contributed by atoms with Gasteiger partial charge in [-0.3, -0.25) is 9.59 Å². The Morgan fingerprint density at radius 1 is 0.969 bits per heavy atom. The number of rotatable bonds is 6. The second-order valence-electron chi connectivity index (χ2n) is 7.18. The van der Waals surface area contributed by atoms with Gasteiger partial charge in [0.05, 0.1) is 10.7 Å². The first kappa shape index (κ1) is 22.0. The van der Waals surface area contributed by atoms with E-state index in [0.29, 0.717) is 24.3 Å². The van der Waals surface area contributed by atoms with Gasteiger partial charge in [-0.15, -0.1) is 0 Å². The summed E-state index contributed by atoms with van der Waals surface area (Å²) in [4.78, 5) is 29.2. The number of benzene rings is 2. The van der Waals surface area contributed by atoms with Gasteiger partial charge in [-0.1, -0.05) is 23.2 Å². The van der Waals surface area contributed by atoms with Crippen molar-refractivity contribution in [1.29, 1.82) is 0 Å². The van der Waals surface area contributed by atoms with Gasteiger partial charge < -0.3 is 15.4 Å². The van der Waals surface area contributed by atoms with Crippen LogP contribution in [0.5, 0.6) is 11.5 Å². The van der Waals surface area contributed by atoms with Gasteiger partial charge in [0.25, 0.3) is 0 Å². The molecule has 32 heavy (non-hydrogen) atoms. The molecule has 2 aromatic carbocycles. The van der Waals surface area contributed by atoms with Crippen LogP contribution in [0.4, 0.5) is 20.2 Å². The Kier molecular flexibility index (Phi) is 5.99. The lowest BCUT2D eigenvalue weighted by molar-refractivity contribution is -0.131. The molecule has 2 amide bonds. The number of carbonyl (C=O) groups excluding carboxylic acids is 2. The zero-order valence-corrected chi connectivity index (χ0v) is 17.8. The average molecular weight is 478 g/mol. The molecule has 0 spiro atoms. The van der Waals surface area contributed by atoms with Crippen LogP contribution in [-0.4, -0.2) is 16.8 Å². The highest BCUT2D eigenvalue weighted by molar-refractivity contribution is 6.32. The Bertz CT molecular complexity index is 1200. The number of hydrogen-bond donors (Lipinski definition) is 2. The number of aromatic nitrogens is 1. The second-order valence-corrected chi connectivity index (χ2v) is 7.97. The molecule has 1 saturated carbocycles. The highest BCUT2D eigenvalue weighted by Crippen LogP contribution is 2.48. The fraction of sp³-hybridized carbons (Fsp3) is 0.136. The average Bonchev–Trinajstić information content (AvgIpc) is 3.56. The topological polar surface area (TPSA) is 80.3 Å². The van der Waals surface area contributed by atoms with E-state index in [1.165, 1.54) is 48.7 Å². The van der Waals surface area contributed by atoms with Crippen molar-refractivity contribution in [3.63, 3.8) is 0 Å². The SMILES string of the molecule is O=C(Nc1ccc(F)cc1)C1(C(=O)Nc2cc(Cl)c(Oc3ccnc(Cl)c3)cc2F)CC1. The molecule has 1 aromatic heterocycles. The minimum absolute atomic E-state index is 0.0135. The van der Waals surface area contributed by atoms with Crippen molar-refractivity contribution in [2.24, 2.45) is 5.41 Å². The predicted molar refractivity (Wildman–Crippen MR) is 116 cm³/mol. The molecule has 0 radical (unpaired) electrons. The molecular weight excluding hydrogens is 463 g/mol. The number of anilines is 2. The number of carbonyl (C=O) groups is 2. The highest BCUT2D eigenvalue weighted by atomic mass is 35.5. The first-order valence-corrected chi connectivity index (χ1v) is 10.2. The maximum absolute atomic E-state index is 14.6. The van der Waals surface area contributed by atoms with Crippen LogP contribution < -0.4 is 15.4 Å². The monoisotopic (exact) mass is 477 g/mol. The first-order valence-electron chi connectivity index (χ1n) is 9.44. The maximum atomic E-state index is 14.6. The Hall–Kier alpha value is -3.23. The molecule has 3 aromatic rings. The molecule has 6 nitrogen and oxygen atoms in total. The van der Waals surface area contributed by atoms with E-state index in [0.717, 1.165) is 6.07 Å². The number of halogens is 4. The molecule has 1 heterocycles. The third-order valence-electron chi connectivity index (χ3n) is 4.92. The highest BCUT2D eigenvalue weighted by Gasteiger charge is 2.56. The van der Waals surface area contributed by atoms with Crippen LogP contribution in [0, 0.1) is 17.0 Å². The summed E-state index contributed by atoms with van der Waals surface area (Å²) in [5.41, 5.74) is -1.18. The van der Waals surface area contributed by atoms with Crippen molar-refractivity contribution < 1.29 is 23.1 Å². The number of pyridine rings is 1. The van der Waals surface area contributed by atoms with Gasteiger partial charge >= 0.3 is 0 Å². The smallest absolute Gasteiger partial charge is 0.240 e. The Morgan fingerprint density at radius 3 is 2.31 bits per heavy atom. The van der Waals surface area contributed by atoms with Crippen molar-refractivity contribution in [3.05, 3.63) is 76.5 Å². The van der Waals surface area contributed by atoms with E-state index in [4.69, 9.17) is 27.9 Å². The van der Waals surface area contributed by atoms with Gasteiger partial charge in [0.1, 0.15) is 27.9 Å². The summed E-state index contributed by atoms with van der Waals surface area (Å²) in [5, 5.41) is 5.24. The number of hydrogen-bond acceptors (Lipinski definition) is 4. The molecule has 2 N–H and O–H groups in total. The molecule has 0 atom stereocenters. The van der Waals surface area contributed by atoms with E-state index >= 15 is 0 Å². The molecule has 0 aliphatic heterocycles. The number of nitrogens with zero attached hydrogens (tertiary/aromatic N) is 1. The van der Waals surface area contributed by atoms with E-state index in [1.54, 1.807) is 0 Å². The third kappa shape index (κ3) is 4.66. The first-order chi connectivity index (χ1) is 15.3. The van der Waals surface area contributed by atoms with Crippen molar-refractivity contribution in [1.82, 2.24) is 4.98 Å². The summed E-state index contributed by atoms with van der Waals surface area (Å²) >= 11 is 12.0. The van der Waals surface area contributed by atoms with Crippen LogP contribution in [0.2, 0.25) is 10.2 Å². The quantitative estimate of drug-likeness (QED) is 0.346. The second kappa shape index (κ2) is 8.72.